The topological polar surface area (TPSA) is 8.81 Å². The summed E-state index contributed by atoms with van der Waals surface area (Å²) in [6.07, 6.45) is 63.8. The minimum atomic E-state index is 1.23. The summed E-state index contributed by atoms with van der Waals surface area (Å²) in [5, 5.41) is 0. The maximum atomic E-state index is 2.65. The van der Waals surface area contributed by atoms with Crippen LogP contribution in [0.3, 0.4) is 0 Å². The molecule has 0 aromatic carbocycles. The molecule has 0 spiro atoms. The van der Waals surface area contributed by atoms with E-state index in [-0.39, 0.29) is 0 Å². The summed E-state index contributed by atoms with van der Waals surface area (Å²) < 4.78 is 5.30. The Morgan fingerprint density at radius 3 is 0.941 bits per heavy atom. The Morgan fingerprint density at radius 1 is 0.333 bits per heavy atom. The van der Waals surface area contributed by atoms with Gasteiger partial charge in [-0.3, -0.25) is 0 Å². The molecule has 1 aromatic rings. The molecule has 0 N–H and O–H groups in total. The van der Waals surface area contributed by atoms with E-state index in [4.69, 9.17) is 0 Å². The van der Waals surface area contributed by atoms with E-state index in [2.05, 4.69) is 42.3 Å². The standard InChI is InChI=1S/C49H97N2/c1-4-7-10-13-16-19-21-23-25-26-27-29-31-34-37-40-43-46-51-48-47-50(49(51)44-41-38-35-32-18-15-12-9-6-3)45-42-39-36-33-30-28-24-22-20-17-14-11-8-5-2/h47-48H,4-46H2,1-3H3/q+1. The molecular weight excluding hydrogens is 617 g/mol. The number of aromatic nitrogens is 2. The Bertz CT molecular complexity index is 781. The molecule has 2 heteroatoms. The molecule has 1 aromatic heterocycles. The Labute approximate surface area is 323 Å². The second kappa shape index (κ2) is 40.4. The molecule has 0 aliphatic carbocycles. The predicted octanol–water partition coefficient (Wildman–Crippen LogP) is 17.0. The highest BCUT2D eigenvalue weighted by Gasteiger charge is 2.16. The molecule has 0 unspecified atom stereocenters. The van der Waals surface area contributed by atoms with Gasteiger partial charge in [0.1, 0.15) is 12.4 Å². The smallest absolute Gasteiger partial charge is 0.234 e. The maximum absolute atomic E-state index is 2.65. The summed E-state index contributed by atoms with van der Waals surface area (Å²) in [7, 11) is 0. The molecule has 51 heavy (non-hydrogen) atoms. The number of imidazole rings is 1. The lowest BCUT2D eigenvalue weighted by molar-refractivity contribution is -0.704. The van der Waals surface area contributed by atoms with Crippen molar-refractivity contribution < 1.29 is 4.57 Å². The van der Waals surface area contributed by atoms with Crippen molar-refractivity contribution in [2.45, 2.75) is 297 Å². The molecule has 0 bridgehead atoms. The van der Waals surface area contributed by atoms with Crippen molar-refractivity contribution in [3.8, 4) is 0 Å². The highest BCUT2D eigenvalue weighted by Crippen LogP contribution is 2.17. The summed E-state index contributed by atoms with van der Waals surface area (Å²) in [6.45, 7) is 9.42. The van der Waals surface area contributed by atoms with Crippen molar-refractivity contribution in [1.29, 1.82) is 0 Å². The minimum absolute atomic E-state index is 1.23. The molecule has 0 saturated carbocycles. The Kier molecular flexibility index (Phi) is 38.2. The number of hydrogen-bond donors (Lipinski definition) is 0. The Balaban J connectivity index is 2.21. The number of unbranched alkanes of at least 4 members (excludes halogenated alkanes) is 37. The molecule has 2 nitrogen and oxygen atoms in total. The summed E-state index contributed by atoms with van der Waals surface area (Å²) >= 11 is 0. The van der Waals surface area contributed by atoms with Crippen LogP contribution >= 0.6 is 0 Å². The van der Waals surface area contributed by atoms with Gasteiger partial charge >= 0.3 is 0 Å². The van der Waals surface area contributed by atoms with E-state index < -0.39 is 0 Å². The first-order valence-corrected chi connectivity index (χ1v) is 24.4. The summed E-state index contributed by atoms with van der Waals surface area (Å²) in [6, 6.07) is 0. The van der Waals surface area contributed by atoms with Gasteiger partial charge in [-0.15, -0.1) is 0 Å². The SMILES string of the molecule is CCCCCCCCCCCCCCCCCCC[n+]1ccn(CCCCCCCCCCCCCCCC)c1CCCCCCCCCCC. The van der Waals surface area contributed by atoms with Crippen LogP contribution in [0, 0.1) is 0 Å². The van der Waals surface area contributed by atoms with Crippen LogP contribution in [0.5, 0.6) is 0 Å². The molecule has 0 saturated heterocycles. The molecular formula is C49H97N2+. The third kappa shape index (κ3) is 32.4. The fourth-order valence-corrected chi connectivity index (χ4v) is 8.27. The van der Waals surface area contributed by atoms with Gasteiger partial charge in [0, 0.05) is 6.42 Å². The zero-order valence-corrected chi connectivity index (χ0v) is 36.0. The minimum Gasteiger partial charge on any atom is -0.234 e. The third-order valence-corrected chi connectivity index (χ3v) is 11.8. The van der Waals surface area contributed by atoms with Gasteiger partial charge in [-0.2, -0.15) is 0 Å². The van der Waals surface area contributed by atoms with Crippen LogP contribution in [0.15, 0.2) is 12.4 Å². The lowest BCUT2D eigenvalue weighted by atomic mass is 10.0. The summed E-state index contributed by atoms with van der Waals surface area (Å²) in [5.41, 5.74) is 0. The Morgan fingerprint density at radius 2 is 0.608 bits per heavy atom. The Hall–Kier alpha value is -0.790. The number of rotatable bonds is 43. The van der Waals surface area contributed by atoms with Crippen LogP contribution in [0.1, 0.15) is 283 Å². The van der Waals surface area contributed by atoms with Gasteiger partial charge < -0.3 is 0 Å². The van der Waals surface area contributed by atoms with E-state index in [0.29, 0.717) is 0 Å². The first-order valence-electron chi connectivity index (χ1n) is 24.4. The lowest BCUT2D eigenvalue weighted by Crippen LogP contribution is -2.37. The van der Waals surface area contributed by atoms with Crippen molar-refractivity contribution in [3.63, 3.8) is 0 Å². The van der Waals surface area contributed by atoms with E-state index in [1.165, 1.54) is 276 Å². The largest absolute Gasteiger partial charge is 0.256 e. The van der Waals surface area contributed by atoms with Crippen LogP contribution in [-0.4, -0.2) is 4.57 Å². The predicted molar refractivity (Wildman–Crippen MR) is 230 cm³/mol. The van der Waals surface area contributed by atoms with Crippen molar-refractivity contribution in [2.24, 2.45) is 0 Å². The van der Waals surface area contributed by atoms with Crippen molar-refractivity contribution in [1.82, 2.24) is 4.57 Å². The van der Waals surface area contributed by atoms with E-state index in [0.717, 1.165) is 0 Å². The number of hydrogen-bond acceptors (Lipinski definition) is 0. The normalized spacial score (nSPS) is 11.7. The average molecular weight is 714 g/mol. The van der Waals surface area contributed by atoms with E-state index in [9.17, 15) is 0 Å². The quantitative estimate of drug-likeness (QED) is 0.0471. The first-order chi connectivity index (χ1) is 25.3. The van der Waals surface area contributed by atoms with Gasteiger partial charge in [0.15, 0.2) is 0 Å². The van der Waals surface area contributed by atoms with Crippen molar-refractivity contribution in [2.75, 3.05) is 0 Å². The zero-order valence-electron chi connectivity index (χ0n) is 36.0. The second-order valence-electron chi connectivity index (χ2n) is 16.9. The van der Waals surface area contributed by atoms with Crippen LogP contribution in [-0.2, 0) is 19.5 Å². The van der Waals surface area contributed by atoms with Crippen molar-refractivity contribution >= 4 is 0 Å². The van der Waals surface area contributed by atoms with Crippen LogP contribution in [0.4, 0.5) is 0 Å². The summed E-state index contributed by atoms with van der Waals surface area (Å²) in [5.74, 6) is 1.63. The van der Waals surface area contributed by atoms with E-state index in [1.807, 2.05) is 0 Å². The molecule has 1 rings (SSSR count). The van der Waals surface area contributed by atoms with Crippen LogP contribution in [0.2, 0.25) is 0 Å². The van der Waals surface area contributed by atoms with Crippen LogP contribution in [0.25, 0.3) is 0 Å². The first kappa shape index (κ1) is 48.2. The molecule has 0 aliphatic rings. The molecule has 0 aliphatic heterocycles. The highest BCUT2D eigenvalue weighted by atomic mass is 15.1. The second-order valence-corrected chi connectivity index (χ2v) is 16.9. The molecule has 0 fully saturated rings. The van der Waals surface area contributed by atoms with E-state index in [1.54, 1.807) is 5.82 Å². The molecule has 302 valence electrons. The van der Waals surface area contributed by atoms with Gasteiger partial charge in [0.25, 0.3) is 5.82 Å². The lowest BCUT2D eigenvalue weighted by Gasteiger charge is -2.07. The highest BCUT2D eigenvalue weighted by molar-refractivity contribution is 4.84. The number of nitrogens with zero attached hydrogens (tertiary/aromatic N) is 2. The third-order valence-electron chi connectivity index (χ3n) is 11.8. The van der Waals surface area contributed by atoms with Gasteiger partial charge in [-0.25, -0.2) is 9.13 Å². The maximum Gasteiger partial charge on any atom is 0.256 e. The molecule has 0 amide bonds. The molecule has 0 radical (unpaired) electrons. The van der Waals surface area contributed by atoms with Gasteiger partial charge in [-0.1, -0.05) is 245 Å². The fraction of sp³-hybridized carbons (Fsp3) is 0.939. The monoisotopic (exact) mass is 714 g/mol. The fourth-order valence-electron chi connectivity index (χ4n) is 8.27. The average Bonchev–Trinajstić information content (AvgIpc) is 3.53. The van der Waals surface area contributed by atoms with Crippen LogP contribution < -0.4 is 4.57 Å². The summed E-state index contributed by atoms with van der Waals surface area (Å²) in [4.78, 5) is 0. The van der Waals surface area contributed by atoms with Gasteiger partial charge in [0.2, 0.25) is 0 Å². The van der Waals surface area contributed by atoms with E-state index >= 15 is 0 Å². The van der Waals surface area contributed by atoms with Crippen molar-refractivity contribution in [3.05, 3.63) is 18.2 Å². The molecule has 1 heterocycles. The zero-order chi connectivity index (χ0) is 36.6. The number of aryl methyl sites for hydroxylation is 2. The molecule has 0 atom stereocenters. The van der Waals surface area contributed by atoms with Gasteiger partial charge in [-0.05, 0) is 32.1 Å². The van der Waals surface area contributed by atoms with Gasteiger partial charge in [0.05, 0.1) is 13.1 Å².